The molecule has 3 heterocycles. The minimum absolute atomic E-state index is 0. The van der Waals surface area contributed by atoms with E-state index in [1.165, 1.54) is 0 Å². The molecule has 3 rings (SSSR count). The van der Waals surface area contributed by atoms with Gasteiger partial charge in [-0.3, -0.25) is 9.69 Å². The zero-order valence-corrected chi connectivity index (χ0v) is 14.6. The molecular formula is C15H26ClN5O2. The molecule has 2 atom stereocenters. The van der Waals surface area contributed by atoms with Gasteiger partial charge in [-0.25, -0.2) is 0 Å². The van der Waals surface area contributed by atoms with Gasteiger partial charge in [0.25, 0.3) is 0 Å². The quantitative estimate of drug-likeness (QED) is 0.893. The summed E-state index contributed by atoms with van der Waals surface area (Å²) < 4.78 is 5.50. The zero-order chi connectivity index (χ0) is 15.5. The molecule has 23 heavy (non-hydrogen) atoms. The van der Waals surface area contributed by atoms with Gasteiger partial charge in [-0.2, -0.15) is 4.98 Å². The molecule has 2 aliphatic rings. The van der Waals surface area contributed by atoms with E-state index < -0.39 is 0 Å². The summed E-state index contributed by atoms with van der Waals surface area (Å²) >= 11 is 0. The average Bonchev–Trinajstić information content (AvgIpc) is 3.17. The lowest BCUT2D eigenvalue weighted by Gasteiger charge is -2.30. The topological polar surface area (TPSA) is 74.5 Å². The van der Waals surface area contributed by atoms with Crippen molar-refractivity contribution in [2.24, 2.45) is 0 Å². The van der Waals surface area contributed by atoms with Crippen LogP contribution < -0.4 is 5.32 Å². The molecule has 8 heteroatoms. The molecule has 1 amide bonds. The van der Waals surface area contributed by atoms with Crippen molar-refractivity contribution in [3.63, 3.8) is 0 Å². The van der Waals surface area contributed by atoms with Crippen LogP contribution in [0.25, 0.3) is 0 Å². The van der Waals surface area contributed by atoms with Gasteiger partial charge in [0.05, 0.1) is 6.04 Å². The second-order valence-electron chi connectivity index (χ2n) is 6.19. The van der Waals surface area contributed by atoms with Crippen LogP contribution >= 0.6 is 12.4 Å². The van der Waals surface area contributed by atoms with Gasteiger partial charge < -0.3 is 14.7 Å². The third kappa shape index (κ3) is 3.84. The number of halogens is 1. The van der Waals surface area contributed by atoms with Gasteiger partial charge in [-0.1, -0.05) is 12.1 Å². The van der Waals surface area contributed by atoms with Crippen LogP contribution in [0.4, 0.5) is 0 Å². The van der Waals surface area contributed by atoms with E-state index in [0.717, 1.165) is 51.3 Å². The summed E-state index contributed by atoms with van der Waals surface area (Å²) in [5.74, 6) is 1.51. The Labute approximate surface area is 143 Å². The van der Waals surface area contributed by atoms with Gasteiger partial charge in [-0.05, 0) is 26.3 Å². The van der Waals surface area contributed by atoms with E-state index in [4.69, 9.17) is 4.52 Å². The van der Waals surface area contributed by atoms with Crippen LogP contribution in [-0.2, 0) is 4.79 Å². The maximum atomic E-state index is 12.2. The number of hydrogen-bond acceptors (Lipinski definition) is 6. The van der Waals surface area contributed by atoms with Crippen molar-refractivity contribution in [1.29, 1.82) is 0 Å². The number of nitrogens with zero attached hydrogens (tertiary/aromatic N) is 4. The largest absolute Gasteiger partial charge is 0.337 e. The summed E-state index contributed by atoms with van der Waals surface area (Å²) in [4.78, 5) is 21.0. The number of amides is 1. The molecule has 0 spiro atoms. The Morgan fingerprint density at radius 2 is 2.22 bits per heavy atom. The smallest absolute Gasteiger partial charge is 0.249 e. The lowest BCUT2D eigenvalue weighted by Crippen LogP contribution is -2.44. The van der Waals surface area contributed by atoms with Gasteiger partial charge in [0.15, 0.2) is 5.82 Å². The van der Waals surface area contributed by atoms with Crippen LogP contribution in [0.2, 0.25) is 0 Å². The fourth-order valence-electron chi connectivity index (χ4n) is 3.29. The van der Waals surface area contributed by atoms with Crippen LogP contribution in [-0.4, -0.2) is 59.1 Å². The highest BCUT2D eigenvalue weighted by atomic mass is 35.5. The highest BCUT2D eigenvalue weighted by molar-refractivity contribution is 5.85. The Kier molecular flexibility index (Phi) is 6.38. The summed E-state index contributed by atoms with van der Waals surface area (Å²) in [5.41, 5.74) is 0. The van der Waals surface area contributed by atoms with Crippen LogP contribution in [0, 0.1) is 0 Å². The van der Waals surface area contributed by atoms with Crippen molar-refractivity contribution in [1.82, 2.24) is 25.3 Å². The molecule has 0 radical (unpaired) electrons. The Morgan fingerprint density at radius 3 is 2.96 bits per heavy atom. The molecule has 0 aromatic carbocycles. The Balaban J connectivity index is 0.00000192. The van der Waals surface area contributed by atoms with Crippen molar-refractivity contribution in [3.05, 3.63) is 11.7 Å². The molecule has 7 nitrogen and oxygen atoms in total. The van der Waals surface area contributed by atoms with Crippen LogP contribution in [0.3, 0.4) is 0 Å². The number of carbonyl (C=O) groups is 1. The van der Waals surface area contributed by atoms with Crippen molar-refractivity contribution < 1.29 is 9.32 Å². The highest BCUT2D eigenvalue weighted by Crippen LogP contribution is 2.32. The van der Waals surface area contributed by atoms with E-state index >= 15 is 0 Å². The molecule has 1 aromatic heterocycles. The maximum absolute atomic E-state index is 12.2. The number of hydrogen-bond donors (Lipinski definition) is 1. The molecule has 130 valence electrons. The second-order valence-corrected chi connectivity index (χ2v) is 6.19. The van der Waals surface area contributed by atoms with E-state index in [9.17, 15) is 4.79 Å². The Morgan fingerprint density at radius 1 is 1.39 bits per heavy atom. The molecule has 0 bridgehead atoms. The van der Waals surface area contributed by atoms with E-state index in [-0.39, 0.29) is 30.4 Å². The minimum Gasteiger partial charge on any atom is -0.337 e. The summed E-state index contributed by atoms with van der Waals surface area (Å²) in [6.07, 6.45) is 3.38. The molecule has 2 unspecified atom stereocenters. The van der Waals surface area contributed by atoms with Gasteiger partial charge in [0.1, 0.15) is 6.04 Å². The first-order valence-electron chi connectivity index (χ1n) is 8.24. The highest BCUT2D eigenvalue weighted by Gasteiger charge is 2.34. The van der Waals surface area contributed by atoms with Crippen molar-refractivity contribution in [2.75, 3.05) is 33.2 Å². The van der Waals surface area contributed by atoms with E-state index in [0.29, 0.717) is 12.3 Å². The van der Waals surface area contributed by atoms with E-state index in [2.05, 4.69) is 27.4 Å². The van der Waals surface area contributed by atoms with Crippen LogP contribution in [0.1, 0.15) is 56.4 Å². The molecule has 2 saturated heterocycles. The Hall–Kier alpha value is -1.18. The number of likely N-dealkylation sites (tertiary alicyclic amines) is 1. The normalized spacial score (nSPS) is 25.4. The number of likely N-dealkylation sites (N-methyl/N-ethyl adjacent to an activating group) is 1. The fraction of sp³-hybridized carbons (Fsp3) is 0.800. The van der Waals surface area contributed by atoms with Crippen molar-refractivity contribution in [3.8, 4) is 0 Å². The van der Waals surface area contributed by atoms with Gasteiger partial charge >= 0.3 is 0 Å². The maximum Gasteiger partial charge on any atom is 0.249 e. The number of aromatic nitrogens is 2. The molecule has 0 saturated carbocycles. The number of nitrogens with one attached hydrogen (secondary N) is 1. The zero-order valence-electron chi connectivity index (χ0n) is 13.8. The van der Waals surface area contributed by atoms with Gasteiger partial charge in [0.2, 0.25) is 11.8 Å². The molecule has 1 N–H and O–H groups in total. The minimum atomic E-state index is -0.0397. The summed E-state index contributed by atoms with van der Waals surface area (Å²) in [7, 11) is 2.08. The average molecular weight is 344 g/mol. The third-order valence-corrected chi connectivity index (χ3v) is 4.59. The first-order valence-corrected chi connectivity index (χ1v) is 8.24. The van der Waals surface area contributed by atoms with Crippen LogP contribution in [0.15, 0.2) is 4.52 Å². The van der Waals surface area contributed by atoms with E-state index in [1.807, 2.05) is 11.8 Å². The predicted molar refractivity (Wildman–Crippen MR) is 88.4 cm³/mol. The monoisotopic (exact) mass is 343 g/mol. The lowest BCUT2D eigenvalue weighted by molar-refractivity contribution is -0.132. The molecule has 2 fully saturated rings. The SMILES string of the molecule is CCCC(=O)N1CCCC1c1nc(C2CNCCN2C)no1.Cl. The molecule has 1 aromatic rings. The molecule has 2 aliphatic heterocycles. The van der Waals surface area contributed by atoms with Crippen LogP contribution in [0.5, 0.6) is 0 Å². The van der Waals surface area contributed by atoms with Gasteiger partial charge in [-0.15, -0.1) is 12.4 Å². The van der Waals surface area contributed by atoms with Crippen molar-refractivity contribution in [2.45, 2.75) is 44.7 Å². The molecular weight excluding hydrogens is 318 g/mol. The lowest BCUT2D eigenvalue weighted by atomic mass is 10.2. The summed E-state index contributed by atoms with van der Waals surface area (Å²) in [6.45, 7) is 5.61. The number of rotatable bonds is 4. The first kappa shape index (κ1) is 18.2. The van der Waals surface area contributed by atoms with Crippen molar-refractivity contribution >= 4 is 18.3 Å². The van der Waals surface area contributed by atoms with E-state index in [1.54, 1.807) is 0 Å². The Bertz CT molecular complexity index is 524. The summed E-state index contributed by atoms with van der Waals surface area (Å²) in [5, 5.41) is 7.53. The fourth-order valence-corrected chi connectivity index (χ4v) is 3.29. The first-order chi connectivity index (χ1) is 10.7. The number of piperazine rings is 1. The predicted octanol–water partition coefficient (Wildman–Crippen LogP) is 1.53. The third-order valence-electron chi connectivity index (χ3n) is 4.59. The standard InChI is InChI=1S/C15H25N5O2.ClH/c1-3-5-13(21)20-8-4-6-11(20)15-17-14(18-22-15)12-10-16-7-9-19(12)2;/h11-12,16H,3-10H2,1-2H3;1H. The number of carbonyl (C=O) groups excluding carboxylic acids is 1. The summed E-state index contributed by atoms with van der Waals surface area (Å²) in [6, 6.07) is 0.106. The second kappa shape index (κ2) is 8.08. The van der Waals surface area contributed by atoms with Gasteiger partial charge in [0, 0.05) is 32.6 Å². The molecule has 0 aliphatic carbocycles.